The van der Waals surface area contributed by atoms with Gasteiger partial charge in [-0.15, -0.1) is 0 Å². The van der Waals surface area contributed by atoms with Crippen LogP contribution in [0.1, 0.15) is 31.9 Å². The van der Waals surface area contributed by atoms with Gasteiger partial charge in [0.05, 0.1) is 5.69 Å². The van der Waals surface area contributed by atoms with Crippen molar-refractivity contribution >= 4 is 16.0 Å². The maximum Gasteiger partial charge on any atom is 0.281 e. The van der Waals surface area contributed by atoms with Crippen molar-refractivity contribution in [3.05, 3.63) is 36.5 Å². The van der Waals surface area contributed by atoms with E-state index in [0.29, 0.717) is 32.0 Å². The van der Waals surface area contributed by atoms with Gasteiger partial charge in [-0.1, -0.05) is 13.8 Å². The molecule has 0 radical (unpaired) electrons. The van der Waals surface area contributed by atoms with Crippen molar-refractivity contribution < 1.29 is 8.42 Å². The first-order valence-corrected chi connectivity index (χ1v) is 10.1. The number of rotatable bonds is 6. The molecule has 26 heavy (non-hydrogen) atoms. The van der Waals surface area contributed by atoms with Crippen molar-refractivity contribution in [2.45, 2.75) is 26.2 Å². The number of nitrogen functional groups attached to an aromatic ring is 1. The number of aromatic nitrogens is 3. The molecule has 2 N–H and O–H groups in total. The van der Waals surface area contributed by atoms with Crippen LogP contribution in [0, 0.1) is 0 Å². The first kappa shape index (κ1) is 18.7. The Morgan fingerprint density at radius 2 is 2.08 bits per heavy atom. The Morgan fingerprint density at radius 1 is 1.31 bits per heavy atom. The van der Waals surface area contributed by atoms with Crippen molar-refractivity contribution in [3.63, 3.8) is 0 Å². The Bertz CT molecular complexity index is 869. The van der Waals surface area contributed by atoms with E-state index in [1.807, 2.05) is 19.9 Å². The van der Waals surface area contributed by atoms with Crippen molar-refractivity contribution in [2.24, 2.45) is 0 Å². The number of nitrogens with zero attached hydrogens (tertiary/aromatic N) is 5. The molecule has 2 aromatic heterocycles. The van der Waals surface area contributed by atoms with E-state index in [9.17, 15) is 8.42 Å². The van der Waals surface area contributed by atoms with Crippen LogP contribution in [0.15, 0.2) is 30.9 Å². The highest BCUT2D eigenvalue weighted by atomic mass is 32.2. The maximum atomic E-state index is 12.8. The van der Waals surface area contributed by atoms with Gasteiger partial charge in [-0.25, -0.2) is 15.0 Å². The maximum absolute atomic E-state index is 12.8. The third kappa shape index (κ3) is 3.55. The summed E-state index contributed by atoms with van der Waals surface area (Å²) in [6, 6.07) is 3.64. The van der Waals surface area contributed by atoms with Gasteiger partial charge >= 0.3 is 0 Å². The molecule has 0 amide bonds. The number of anilines is 1. The Morgan fingerprint density at radius 3 is 2.77 bits per heavy atom. The van der Waals surface area contributed by atoms with E-state index in [4.69, 9.17) is 5.73 Å². The summed E-state index contributed by atoms with van der Waals surface area (Å²) in [6.07, 6.45) is 5.63. The van der Waals surface area contributed by atoms with Crippen molar-refractivity contribution in [2.75, 3.05) is 31.9 Å². The predicted octanol–water partition coefficient (Wildman–Crippen LogP) is 1.50. The smallest absolute Gasteiger partial charge is 0.281 e. The fourth-order valence-electron chi connectivity index (χ4n) is 3.38. The fourth-order valence-corrected chi connectivity index (χ4v) is 5.06. The van der Waals surface area contributed by atoms with Gasteiger partial charge in [-0.05, 0) is 24.1 Å². The monoisotopic (exact) mass is 376 g/mol. The van der Waals surface area contributed by atoms with Crippen LogP contribution in [-0.2, 0) is 10.2 Å². The average molecular weight is 376 g/mol. The fraction of sp³-hybridized carbons (Fsp3) is 0.471. The summed E-state index contributed by atoms with van der Waals surface area (Å²) in [5.41, 5.74) is 8.40. The highest BCUT2D eigenvalue weighted by Gasteiger charge is 2.36. The van der Waals surface area contributed by atoms with Crippen LogP contribution in [0.5, 0.6) is 0 Å². The second-order valence-corrected chi connectivity index (χ2v) is 8.16. The highest BCUT2D eigenvalue weighted by molar-refractivity contribution is 7.86. The summed E-state index contributed by atoms with van der Waals surface area (Å²) in [4.78, 5) is 12.6. The zero-order valence-electron chi connectivity index (χ0n) is 15.0. The van der Waals surface area contributed by atoms with E-state index in [2.05, 4.69) is 15.0 Å². The molecule has 1 saturated heterocycles. The number of pyridine rings is 1. The molecular weight excluding hydrogens is 352 g/mol. The topological polar surface area (TPSA) is 105 Å². The second-order valence-electron chi connectivity index (χ2n) is 6.23. The molecule has 3 heterocycles. The minimum absolute atomic E-state index is 0.0210. The minimum atomic E-state index is -3.43. The first-order chi connectivity index (χ1) is 12.5. The zero-order valence-corrected chi connectivity index (χ0v) is 15.9. The van der Waals surface area contributed by atoms with Crippen LogP contribution in [0.4, 0.5) is 5.82 Å². The molecule has 0 spiro atoms. The molecule has 0 aromatic carbocycles. The van der Waals surface area contributed by atoms with Crippen LogP contribution >= 0.6 is 0 Å². The number of nitrogens with two attached hydrogens (primary N) is 1. The van der Waals surface area contributed by atoms with Gasteiger partial charge in [-0.3, -0.25) is 0 Å². The quantitative estimate of drug-likeness (QED) is 0.819. The molecule has 1 aliphatic rings. The first-order valence-electron chi connectivity index (χ1n) is 8.74. The lowest BCUT2D eigenvalue weighted by atomic mass is 9.96. The van der Waals surface area contributed by atoms with Crippen LogP contribution in [-0.4, -0.2) is 58.2 Å². The van der Waals surface area contributed by atoms with Gasteiger partial charge in [0.25, 0.3) is 10.2 Å². The van der Waals surface area contributed by atoms with E-state index in [1.54, 1.807) is 22.8 Å². The molecule has 9 heteroatoms. The molecule has 140 valence electrons. The Kier molecular flexibility index (Phi) is 5.49. The van der Waals surface area contributed by atoms with Crippen LogP contribution in [0.25, 0.3) is 11.1 Å². The molecule has 0 unspecified atom stereocenters. The van der Waals surface area contributed by atoms with Gasteiger partial charge in [0.1, 0.15) is 12.1 Å². The molecular formula is C17H24N6O2S. The van der Waals surface area contributed by atoms with E-state index in [1.165, 1.54) is 10.6 Å². The van der Waals surface area contributed by atoms with Crippen LogP contribution in [0.3, 0.4) is 0 Å². The summed E-state index contributed by atoms with van der Waals surface area (Å²) < 4.78 is 28.6. The Hall–Kier alpha value is -2.10. The van der Waals surface area contributed by atoms with E-state index in [-0.39, 0.29) is 5.92 Å². The lowest BCUT2D eigenvalue weighted by Gasteiger charge is -2.25. The highest BCUT2D eigenvalue weighted by Crippen LogP contribution is 2.34. The summed E-state index contributed by atoms with van der Waals surface area (Å²) in [7, 11) is -3.43. The molecule has 0 bridgehead atoms. The third-order valence-electron chi connectivity index (χ3n) is 4.73. The standard InChI is InChI=1S/C17H24N6O2S/c1-3-22(4-2)26(24,25)23-8-6-14(11-23)17-15(10-19-12-21-17)13-5-7-20-16(18)9-13/h5,7,9-10,12,14H,3-4,6,8,11H2,1-2H3,(H2,18,20)/t14-/m0/s1. The molecule has 1 aliphatic heterocycles. The summed E-state index contributed by atoms with van der Waals surface area (Å²) in [5, 5.41) is 0. The summed E-state index contributed by atoms with van der Waals surface area (Å²) in [6.45, 7) is 5.55. The minimum Gasteiger partial charge on any atom is -0.384 e. The molecule has 1 atom stereocenters. The average Bonchev–Trinajstić information content (AvgIpc) is 3.13. The van der Waals surface area contributed by atoms with Crippen molar-refractivity contribution in [3.8, 4) is 11.1 Å². The van der Waals surface area contributed by atoms with Gasteiger partial charge in [-0.2, -0.15) is 17.0 Å². The van der Waals surface area contributed by atoms with E-state index < -0.39 is 10.2 Å². The van der Waals surface area contributed by atoms with E-state index >= 15 is 0 Å². The number of hydrogen-bond donors (Lipinski definition) is 1. The zero-order chi connectivity index (χ0) is 18.7. The largest absolute Gasteiger partial charge is 0.384 e. The Balaban J connectivity index is 1.88. The number of hydrogen-bond acceptors (Lipinski definition) is 6. The van der Waals surface area contributed by atoms with Crippen molar-refractivity contribution in [1.29, 1.82) is 0 Å². The van der Waals surface area contributed by atoms with Crippen LogP contribution < -0.4 is 5.73 Å². The van der Waals surface area contributed by atoms with Gasteiger partial charge in [0.2, 0.25) is 0 Å². The summed E-state index contributed by atoms with van der Waals surface area (Å²) >= 11 is 0. The molecule has 1 fully saturated rings. The molecule has 8 nitrogen and oxygen atoms in total. The van der Waals surface area contributed by atoms with Crippen molar-refractivity contribution in [1.82, 2.24) is 23.6 Å². The normalized spacial score (nSPS) is 18.5. The van der Waals surface area contributed by atoms with E-state index in [0.717, 1.165) is 23.2 Å². The lowest BCUT2D eigenvalue weighted by molar-refractivity contribution is 0.377. The SMILES string of the molecule is CCN(CC)S(=O)(=O)N1CC[C@H](c2ncncc2-c2ccnc(N)c2)C1. The lowest BCUT2D eigenvalue weighted by Crippen LogP contribution is -2.42. The van der Waals surface area contributed by atoms with Gasteiger partial charge in [0.15, 0.2) is 0 Å². The Labute approximate surface area is 154 Å². The van der Waals surface area contributed by atoms with Gasteiger partial charge < -0.3 is 5.73 Å². The second kappa shape index (κ2) is 7.65. The molecule has 3 rings (SSSR count). The van der Waals surface area contributed by atoms with Gasteiger partial charge in [0, 0.05) is 50.1 Å². The molecule has 0 saturated carbocycles. The molecule has 2 aromatic rings. The molecule has 0 aliphatic carbocycles. The summed E-state index contributed by atoms with van der Waals surface area (Å²) in [5.74, 6) is 0.446. The predicted molar refractivity (Wildman–Crippen MR) is 100 cm³/mol. The van der Waals surface area contributed by atoms with Crippen LogP contribution in [0.2, 0.25) is 0 Å². The third-order valence-corrected chi connectivity index (χ3v) is 6.88.